The normalized spacial score (nSPS) is 11.1. The summed E-state index contributed by atoms with van der Waals surface area (Å²) in [6.07, 6.45) is 2.49. The summed E-state index contributed by atoms with van der Waals surface area (Å²) in [5, 5.41) is 6.58. The summed E-state index contributed by atoms with van der Waals surface area (Å²) in [4.78, 5) is 4.24. The highest BCUT2D eigenvalue weighted by atomic mass is 16.5. The molecule has 3 rings (SSSR count). The van der Waals surface area contributed by atoms with E-state index in [-0.39, 0.29) is 0 Å². The van der Waals surface area contributed by atoms with Gasteiger partial charge < -0.3 is 24.5 Å². The van der Waals surface area contributed by atoms with E-state index in [0.29, 0.717) is 18.0 Å². The highest BCUT2D eigenvalue weighted by Crippen LogP contribution is 2.30. The molecular formula is C22H25N3O3. The molecule has 6 nitrogen and oxygen atoms in total. The van der Waals surface area contributed by atoms with Gasteiger partial charge in [0.05, 0.1) is 13.4 Å². The number of hydrogen-bond acceptors (Lipinski definition) is 4. The predicted molar refractivity (Wildman–Crippen MR) is 110 cm³/mol. The quantitative estimate of drug-likeness (QED) is 0.458. The van der Waals surface area contributed by atoms with Crippen molar-refractivity contribution in [3.63, 3.8) is 0 Å². The highest BCUT2D eigenvalue weighted by molar-refractivity contribution is 5.79. The molecule has 146 valence electrons. The smallest absolute Gasteiger partial charge is 0.191 e. The van der Waals surface area contributed by atoms with Gasteiger partial charge >= 0.3 is 0 Å². The van der Waals surface area contributed by atoms with Gasteiger partial charge in [-0.2, -0.15) is 0 Å². The lowest BCUT2D eigenvalue weighted by molar-refractivity contribution is 0.379. The van der Waals surface area contributed by atoms with Gasteiger partial charge in [0.2, 0.25) is 0 Å². The molecule has 0 atom stereocenters. The first kappa shape index (κ1) is 19.4. The standard InChI is InChI=1S/C22H25N3O3/c1-23-22(24-14-13-18-6-5-15-27-18)25-16-17-9-11-19(12-10-17)28-21-8-4-3-7-20(21)26-2/h3-12,15H,13-14,16H2,1-2H3,(H2,23,24,25). The van der Waals surface area contributed by atoms with E-state index in [2.05, 4.69) is 15.6 Å². The molecule has 3 aromatic rings. The highest BCUT2D eigenvalue weighted by Gasteiger charge is 2.05. The Morgan fingerprint density at radius 3 is 2.43 bits per heavy atom. The third-order valence-corrected chi connectivity index (χ3v) is 4.15. The fourth-order valence-corrected chi connectivity index (χ4v) is 2.67. The largest absolute Gasteiger partial charge is 0.493 e. The van der Waals surface area contributed by atoms with Crippen LogP contribution in [0.2, 0.25) is 0 Å². The van der Waals surface area contributed by atoms with Gasteiger partial charge in [-0.25, -0.2) is 0 Å². The maximum Gasteiger partial charge on any atom is 0.191 e. The van der Waals surface area contributed by atoms with Gasteiger partial charge in [-0.05, 0) is 42.0 Å². The van der Waals surface area contributed by atoms with Crippen LogP contribution in [0.3, 0.4) is 0 Å². The molecule has 0 saturated carbocycles. The lowest BCUT2D eigenvalue weighted by Crippen LogP contribution is -2.37. The molecule has 0 fully saturated rings. The number of methoxy groups -OCH3 is 1. The second-order valence-corrected chi connectivity index (χ2v) is 6.08. The minimum absolute atomic E-state index is 0.662. The van der Waals surface area contributed by atoms with Crippen molar-refractivity contribution in [2.45, 2.75) is 13.0 Å². The van der Waals surface area contributed by atoms with Gasteiger partial charge in [0.25, 0.3) is 0 Å². The average Bonchev–Trinajstić information content (AvgIpc) is 3.25. The SMILES string of the molecule is CN=C(NCCc1ccco1)NCc1ccc(Oc2ccccc2OC)cc1. The number of para-hydroxylation sites is 2. The number of nitrogens with zero attached hydrogens (tertiary/aromatic N) is 1. The summed E-state index contributed by atoms with van der Waals surface area (Å²) >= 11 is 0. The molecule has 2 N–H and O–H groups in total. The molecule has 6 heteroatoms. The third-order valence-electron chi connectivity index (χ3n) is 4.15. The number of benzene rings is 2. The molecule has 0 radical (unpaired) electrons. The van der Waals surface area contributed by atoms with Crippen LogP contribution < -0.4 is 20.1 Å². The van der Waals surface area contributed by atoms with Gasteiger partial charge in [0.1, 0.15) is 11.5 Å². The Labute approximate surface area is 165 Å². The maximum absolute atomic E-state index is 5.90. The Morgan fingerprint density at radius 2 is 1.75 bits per heavy atom. The third kappa shape index (κ3) is 5.54. The van der Waals surface area contributed by atoms with E-state index < -0.39 is 0 Å². The maximum atomic E-state index is 5.90. The molecule has 0 aliphatic carbocycles. The van der Waals surface area contributed by atoms with E-state index in [1.807, 2.05) is 60.7 Å². The molecule has 0 saturated heterocycles. The fourth-order valence-electron chi connectivity index (χ4n) is 2.67. The second-order valence-electron chi connectivity index (χ2n) is 6.08. The zero-order valence-corrected chi connectivity index (χ0v) is 16.1. The van der Waals surface area contributed by atoms with Gasteiger partial charge in [0.15, 0.2) is 17.5 Å². The van der Waals surface area contributed by atoms with Crippen LogP contribution in [0.15, 0.2) is 76.3 Å². The van der Waals surface area contributed by atoms with Crippen molar-refractivity contribution in [2.24, 2.45) is 4.99 Å². The minimum Gasteiger partial charge on any atom is -0.493 e. The van der Waals surface area contributed by atoms with Crippen molar-refractivity contribution in [1.82, 2.24) is 10.6 Å². The van der Waals surface area contributed by atoms with Gasteiger partial charge in [-0.15, -0.1) is 0 Å². The number of nitrogens with one attached hydrogen (secondary N) is 2. The summed E-state index contributed by atoms with van der Waals surface area (Å²) in [6, 6.07) is 19.4. The molecule has 0 amide bonds. The summed E-state index contributed by atoms with van der Waals surface area (Å²) in [6.45, 7) is 1.41. The van der Waals surface area contributed by atoms with E-state index in [0.717, 1.165) is 36.0 Å². The Kier molecular flexibility index (Phi) is 6.95. The number of hydrogen-bond donors (Lipinski definition) is 2. The van der Waals surface area contributed by atoms with Crippen LogP contribution in [0.1, 0.15) is 11.3 Å². The zero-order chi connectivity index (χ0) is 19.6. The zero-order valence-electron chi connectivity index (χ0n) is 16.1. The second kappa shape index (κ2) is 10.1. The molecule has 2 aromatic carbocycles. The Hall–Kier alpha value is -3.41. The van der Waals surface area contributed by atoms with Crippen molar-refractivity contribution in [1.29, 1.82) is 0 Å². The Balaban J connectivity index is 1.48. The Bertz CT molecular complexity index is 874. The Morgan fingerprint density at radius 1 is 0.964 bits per heavy atom. The average molecular weight is 379 g/mol. The molecule has 1 heterocycles. The first-order valence-corrected chi connectivity index (χ1v) is 9.15. The monoisotopic (exact) mass is 379 g/mol. The van der Waals surface area contributed by atoms with Gasteiger partial charge in [-0.1, -0.05) is 24.3 Å². The molecular weight excluding hydrogens is 354 g/mol. The van der Waals surface area contributed by atoms with Crippen LogP contribution in [0.25, 0.3) is 0 Å². The van der Waals surface area contributed by atoms with Gasteiger partial charge in [-0.3, -0.25) is 4.99 Å². The van der Waals surface area contributed by atoms with E-state index in [9.17, 15) is 0 Å². The molecule has 0 aliphatic heterocycles. The van der Waals surface area contributed by atoms with Crippen LogP contribution in [-0.2, 0) is 13.0 Å². The number of furan rings is 1. The van der Waals surface area contributed by atoms with Crippen molar-refractivity contribution < 1.29 is 13.9 Å². The number of rotatable bonds is 8. The molecule has 0 spiro atoms. The van der Waals surface area contributed by atoms with Crippen LogP contribution in [0.5, 0.6) is 17.2 Å². The van der Waals surface area contributed by atoms with Crippen LogP contribution in [0.4, 0.5) is 0 Å². The number of ether oxygens (including phenoxy) is 2. The number of guanidine groups is 1. The van der Waals surface area contributed by atoms with E-state index in [4.69, 9.17) is 13.9 Å². The molecule has 0 bridgehead atoms. The van der Waals surface area contributed by atoms with Crippen molar-refractivity contribution in [3.8, 4) is 17.2 Å². The van der Waals surface area contributed by atoms with Crippen LogP contribution >= 0.6 is 0 Å². The number of aliphatic imine (C=N–C) groups is 1. The summed E-state index contributed by atoms with van der Waals surface area (Å²) in [5.41, 5.74) is 1.13. The lowest BCUT2D eigenvalue weighted by atomic mass is 10.2. The predicted octanol–water partition coefficient (Wildman–Crippen LogP) is 3.99. The van der Waals surface area contributed by atoms with Crippen LogP contribution in [0, 0.1) is 0 Å². The summed E-state index contributed by atoms with van der Waals surface area (Å²) in [5.74, 6) is 3.86. The van der Waals surface area contributed by atoms with E-state index in [1.165, 1.54) is 0 Å². The topological polar surface area (TPSA) is 68.0 Å². The summed E-state index contributed by atoms with van der Waals surface area (Å²) < 4.78 is 16.5. The fraction of sp³-hybridized carbons (Fsp3) is 0.227. The summed E-state index contributed by atoms with van der Waals surface area (Å²) in [7, 11) is 3.39. The van der Waals surface area contributed by atoms with Crippen LogP contribution in [-0.4, -0.2) is 26.7 Å². The molecule has 28 heavy (non-hydrogen) atoms. The van der Waals surface area contributed by atoms with Crippen molar-refractivity contribution >= 4 is 5.96 Å². The van der Waals surface area contributed by atoms with E-state index >= 15 is 0 Å². The van der Waals surface area contributed by atoms with E-state index in [1.54, 1.807) is 20.4 Å². The molecule has 0 aliphatic rings. The van der Waals surface area contributed by atoms with Gasteiger partial charge in [0, 0.05) is 26.6 Å². The lowest BCUT2D eigenvalue weighted by Gasteiger charge is -2.12. The first-order valence-electron chi connectivity index (χ1n) is 9.15. The van der Waals surface area contributed by atoms with Crippen molar-refractivity contribution in [3.05, 3.63) is 78.3 Å². The minimum atomic E-state index is 0.662. The van der Waals surface area contributed by atoms with Crippen molar-refractivity contribution in [2.75, 3.05) is 20.7 Å². The first-order chi connectivity index (χ1) is 13.8. The molecule has 1 aromatic heterocycles. The molecule has 0 unspecified atom stereocenters.